The summed E-state index contributed by atoms with van der Waals surface area (Å²) in [5.74, 6) is 0.645. The number of benzene rings is 1. The highest BCUT2D eigenvalue weighted by Crippen LogP contribution is 2.22. The summed E-state index contributed by atoms with van der Waals surface area (Å²) >= 11 is 1.48. The summed E-state index contributed by atoms with van der Waals surface area (Å²) in [4.78, 5) is 27.7. The first-order valence-corrected chi connectivity index (χ1v) is 9.35. The molecule has 2 aromatic heterocycles. The van der Waals surface area contributed by atoms with Crippen molar-refractivity contribution in [1.29, 1.82) is 0 Å². The van der Waals surface area contributed by atoms with Crippen molar-refractivity contribution in [2.24, 2.45) is 0 Å². The summed E-state index contributed by atoms with van der Waals surface area (Å²) in [6.07, 6.45) is 4.13. The predicted octanol–water partition coefficient (Wildman–Crippen LogP) is 2.27. The molecular weight excluding hydrogens is 346 g/mol. The first-order chi connectivity index (χ1) is 12.7. The minimum Gasteiger partial charge on any atom is -0.349 e. The van der Waals surface area contributed by atoms with Crippen LogP contribution in [-0.2, 0) is 24.3 Å². The van der Waals surface area contributed by atoms with Gasteiger partial charge in [0.25, 0.3) is 0 Å². The van der Waals surface area contributed by atoms with Gasteiger partial charge in [-0.15, -0.1) is 11.3 Å². The number of carbonyl (C=O) groups excluding carboxylic acids is 1. The predicted molar refractivity (Wildman–Crippen MR) is 100 cm³/mol. The van der Waals surface area contributed by atoms with Crippen LogP contribution in [0.15, 0.2) is 48.1 Å². The van der Waals surface area contributed by atoms with Crippen LogP contribution in [0, 0.1) is 0 Å². The highest BCUT2D eigenvalue weighted by atomic mass is 32.1. The number of aromatic nitrogens is 3. The summed E-state index contributed by atoms with van der Waals surface area (Å²) < 4.78 is 0. The van der Waals surface area contributed by atoms with Crippen molar-refractivity contribution in [1.82, 2.24) is 25.2 Å². The molecule has 0 radical (unpaired) electrons. The van der Waals surface area contributed by atoms with E-state index in [9.17, 15) is 4.79 Å². The van der Waals surface area contributed by atoms with Gasteiger partial charge in [-0.05, 0) is 30.7 Å². The summed E-state index contributed by atoms with van der Waals surface area (Å²) in [5.41, 5.74) is 3.37. The summed E-state index contributed by atoms with van der Waals surface area (Å²) in [7, 11) is 1.99. The van der Waals surface area contributed by atoms with Crippen LogP contribution in [0.4, 0.5) is 0 Å². The van der Waals surface area contributed by atoms with Crippen LogP contribution >= 0.6 is 11.3 Å². The number of amides is 1. The van der Waals surface area contributed by atoms with Crippen LogP contribution in [0.5, 0.6) is 0 Å². The maximum Gasteiger partial charge on any atom is 0.238 e. The van der Waals surface area contributed by atoms with Crippen LogP contribution in [0.25, 0.3) is 10.8 Å². The standard InChI is InChI=1S/C19H19N5OS/c1-24-11-14-6-3-2-5-13(14)9-16(24)18(25)22-10-15-12-26-19(23-15)17-20-7-4-8-21-17/h2-8,12,16H,9-11H2,1H3,(H,22,25)/t16-/m1/s1. The molecule has 0 spiro atoms. The number of hydrogen-bond acceptors (Lipinski definition) is 6. The Balaban J connectivity index is 1.39. The Morgan fingerprint density at radius 2 is 2.00 bits per heavy atom. The number of likely N-dealkylation sites (N-methyl/N-ethyl adjacent to an activating group) is 1. The second-order valence-corrected chi connectivity index (χ2v) is 7.20. The fourth-order valence-electron chi connectivity index (χ4n) is 3.14. The second-order valence-electron chi connectivity index (χ2n) is 6.34. The van der Waals surface area contributed by atoms with E-state index in [1.165, 1.54) is 22.5 Å². The molecule has 1 aliphatic heterocycles. The van der Waals surface area contributed by atoms with Crippen molar-refractivity contribution < 1.29 is 4.79 Å². The minimum atomic E-state index is -0.152. The Hall–Kier alpha value is -2.64. The van der Waals surface area contributed by atoms with E-state index in [-0.39, 0.29) is 11.9 Å². The third-order valence-electron chi connectivity index (χ3n) is 4.54. The number of carbonyl (C=O) groups is 1. The molecule has 132 valence electrons. The molecule has 0 fully saturated rings. The van der Waals surface area contributed by atoms with Crippen molar-refractivity contribution in [3.8, 4) is 10.8 Å². The maximum absolute atomic E-state index is 12.7. The second kappa shape index (κ2) is 7.31. The first-order valence-electron chi connectivity index (χ1n) is 8.47. The number of nitrogens with zero attached hydrogens (tertiary/aromatic N) is 4. The number of nitrogens with one attached hydrogen (secondary N) is 1. The van der Waals surface area contributed by atoms with Crippen LogP contribution in [0.3, 0.4) is 0 Å². The highest BCUT2D eigenvalue weighted by Gasteiger charge is 2.28. The monoisotopic (exact) mass is 365 g/mol. The van der Waals surface area contributed by atoms with Gasteiger partial charge in [-0.25, -0.2) is 15.0 Å². The van der Waals surface area contributed by atoms with Gasteiger partial charge in [-0.2, -0.15) is 0 Å². The highest BCUT2D eigenvalue weighted by molar-refractivity contribution is 7.13. The molecule has 3 heterocycles. The van der Waals surface area contributed by atoms with Crippen molar-refractivity contribution in [3.63, 3.8) is 0 Å². The zero-order chi connectivity index (χ0) is 17.9. The average molecular weight is 365 g/mol. The molecular formula is C19H19N5OS. The Morgan fingerprint density at radius 3 is 2.81 bits per heavy atom. The molecule has 0 saturated carbocycles. The molecule has 0 aliphatic carbocycles. The van der Waals surface area contributed by atoms with E-state index >= 15 is 0 Å². The van der Waals surface area contributed by atoms with Crippen LogP contribution in [-0.4, -0.2) is 38.8 Å². The van der Waals surface area contributed by atoms with Crippen LogP contribution in [0.2, 0.25) is 0 Å². The number of rotatable bonds is 4. The lowest BCUT2D eigenvalue weighted by molar-refractivity contribution is -0.126. The third kappa shape index (κ3) is 3.49. The largest absolute Gasteiger partial charge is 0.349 e. The van der Waals surface area contributed by atoms with E-state index in [1.807, 2.05) is 24.6 Å². The van der Waals surface area contributed by atoms with Gasteiger partial charge >= 0.3 is 0 Å². The van der Waals surface area contributed by atoms with Gasteiger partial charge in [-0.3, -0.25) is 9.69 Å². The SMILES string of the molecule is CN1Cc2ccccc2C[C@@H]1C(=O)NCc1csc(-c2ncccn2)n1. The molecule has 1 aliphatic rings. The van der Waals surface area contributed by atoms with Crippen molar-refractivity contribution in [2.75, 3.05) is 7.05 Å². The molecule has 0 unspecified atom stereocenters. The van der Waals surface area contributed by atoms with E-state index in [4.69, 9.17) is 0 Å². The lowest BCUT2D eigenvalue weighted by Crippen LogP contribution is -2.48. The van der Waals surface area contributed by atoms with Gasteiger partial charge < -0.3 is 5.32 Å². The number of fused-ring (bicyclic) bond motifs is 1. The van der Waals surface area contributed by atoms with Crippen molar-refractivity contribution in [3.05, 3.63) is 64.9 Å². The molecule has 1 amide bonds. The topological polar surface area (TPSA) is 71.0 Å². The third-order valence-corrected chi connectivity index (χ3v) is 5.43. The lowest BCUT2D eigenvalue weighted by Gasteiger charge is -2.32. The molecule has 1 N–H and O–H groups in total. The van der Waals surface area contributed by atoms with Gasteiger partial charge in [0.15, 0.2) is 10.8 Å². The van der Waals surface area contributed by atoms with Crippen LogP contribution < -0.4 is 5.32 Å². The van der Waals surface area contributed by atoms with E-state index in [0.29, 0.717) is 12.4 Å². The van der Waals surface area contributed by atoms with E-state index in [2.05, 4.69) is 37.3 Å². The smallest absolute Gasteiger partial charge is 0.238 e. The molecule has 7 heteroatoms. The van der Waals surface area contributed by atoms with Gasteiger partial charge in [0.2, 0.25) is 5.91 Å². The van der Waals surface area contributed by atoms with E-state index in [1.54, 1.807) is 18.5 Å². The van der Waals surface area contributed by atoms with E-state index < -0.39 is 0 Å². The quantitative estimate of drug-likeness (QED) is 0.768. The Morgan fingerprint density at radius 1 is 1.23 bits per heavy atom. The zero-order valence-corrected chi connectivity index (χ0v) is 15.2. The van der Waals surface area contributed by atoms with Crippen molar-refractivity contribution in [2.45, 2.75) is 25.6 Å². The Labute approximate surface area is 155 Å². The first kappa shape index (κ1) is 16.8. The summed E-state index contributed by atoms with van der Waals surface area (Å²) in [6, 6.07) is 9.93. The molecule has 26 heavy (non-hydrogen) atoms. The van der Waals surface area contributed by atoms with Gasteiger partial charge in [0.05, 0.1) is 18.3 Å². The molecule has 6 nitrogen and oxygen atoms in total. The maximum atomic E-state index is 12.7. The van der Waals surface area contributed by atoms with Gasteiger partial charge in [0.1, 0.15) is 0 Å². The Bertz CT molecular complexity index is 911. The van der Waals surface area contributed by atoms with Gasteiger partial charge in [0, 0.05) is 24.3 Å². The normalized spacial score (nSPS) is 16.9. The number of hydrogen-bond donors (Lipinski definition) is 1. The molecule has 4 rings (SSSR count). The Kier molecular flexibility index (Phi) is 4.73. The fraction of sp³-hybridized carbons (Fsp3) is 0.263. The van der Waals surface area contributed by atoms with E-state index in [0.717, 1.165) is 23.7 Å². The van der Waals surface area contributed by atoms with Crippen molar-refractivity contribution >= 4 is 17.2 Å². The molecule has 3 aromatic rings. The van der Waals surface area contributed by atoms with Crippen LogP contribution in [0.1, 0.15) is 16.8 Å². The molecule has 1 aromatic carbocycles. The zero-order valence-electron chi connectivity index (χ0n) is 14.4. The summed E-state index contributed by atoms with van der Waals surface area (Å²) in [6.45, 7) is 1.20. The number of thiazole rings is 1. The van der Waals surface area contributed by atoms with Gasteiger partial charge in [-0.1, -0.05) is 24.3 Å². The molecule has 0 bridgehead atoms. The average Bonchev–Trinajstić information content (AvgIpc) is 3.15. The minimum absolute atomic E-state index is 0.0347. The summed E-state index contributed by atoms with van der Waals surface area (Å²) in [5, 5.41) is 5.72. The molecule has 0 saturated heterocycles. The molecule has 1 atom stereocenters. The lowest BCUT2D eigenvalue weighted by atomic mass is 9.94. The fourth-order valence-corrected chi connectivity index (χ4v) is 3.91.